The first kappa shape index (κ1) is 34.5. The number of nitrogens with one attached hydrogen (secondary N) is 2. The fourth-order valence-corrected chi connectivity index (χ4v) is 4.28. The average Bonchev–Trinajstić information content (AvgIpc) is 3.03. The van der Waals surface area contributed by atoms with E-state index in [9.17, 15) is 5.11 Å². The van der Waals surface area contributed by atoms with Gasteiger partial charge in [-0.15, -0.1) is 0 Å². The Labute approximate surface area is 285 Å². The van der Waals surface area contributed by atoms with Crippen molar-refractivity contribution in [3.05, 3.63) is 109 Å². The van der Waals surface area contributed by atoms with Crippen molar-refractivity contribution in [1.82, 2.24) is 4.98 Å². The van der Waals surface area contributed by atoms with Gasteiger partial charge in [0.1, 0.15) is 23.9 Å². The van der Waals surface area contributed by atoms with Crippen LogP contribution < -0.4 is 29.6 Å². The van der Waals surface area contributed by atoms with Gasteiger partial charge in [-0.25, -0.2) is 0 Å². The number of nitrogens with zero attached hydrogens (tertiary/aromatic N) is 1. The van der Waals surface area contributed by atoms with E-state index in [0.717, 1.165) is 28.4 Å². The van der Waals surface area contributed by atoms with Crippen LogP contribution in [0.3, 0.4) is 0 Å². The molecule has 44 heavy (non-hydrogen) atoms. The summed E-state index contributed by atoms with van der Waals surface area (Å²) in [6.07, 6.45) is 1.56. The van der Waals surface area contributed by atoms with Crippen LogP contribution in [0.25, 0.3) is 10.9 Å². The molecule has 224 valence electrons. The van der Waals surface area contributed by atoms with E-state index in [-0.39, 0.29) is 35.3 Å². The predicted octanol–water partition coefficient (Wildman–Crippen LogP) is 7.17. The number of aromatic nitrogens is 1. The maximum absolute atomic E-state index is 9.85. The first-order chi connectivity index (χ1) is 21.0. The minimum atomic E-state index is 0. The molecule has 0 atom stereocenters. The third-order valence-electron chi connectivity index (χ3n) is 6.09. The molecule has 0 amide bonds. The third-order valence-corrected chi connectivity index (χ3v) is 6.29. The monoisotopic (exact) mass is 621 g/mol. The van der Waals surface area contributed by atoms with Crippen molar-refractivity contribution < 1.29 is 24.1 Å². The number of fused-ring (bicyclic) bond motifs is 1. The molecule has 0 unspecified atom stereocenters. The molecule has 10 heteroatoms. The molecular weight excluding hydrogens is 585 g/mol. The van der Waals surface area contributed by atoms with Gasteiger partial charge in [0.2, 0.25) is 0 Å². The average molecular weight is 622 g/mol. The van der Waals surface area contributed by atoms with Gasteiger partial charge in [0, 0.05) is 29.0 Å². The molecule has 0 spiro atoms. The first-order valence-corrected chi connectivity index (χ1v) is 14.3. The Morgan fingerprint density at radius 2 is 1.32 bits per heavy atom. The number of anilines is 2. The Morgan fingerprint density at radius 1 is 0.750 bits per heavy atom. The predicted molar refractivity (Wildman–Crippen MR) is 183 cm³/mol. The number of benzene rings is 4. The van der Waals surface area contributed by atoms with Gasteiger partial charge in [0.05, 0.1) is 25.8 Å². The van der Waals surface area contributed by atoms with Crippen LogP contribution in [0.4, 0.5) is 11.4 Å². The maximum atomic E-state index is 9.85. The number of thiocarbonyl (C=S) groups is 1. The van der Waals surface area contributed by atoms with Crippen LogP contribution in [-0.4, -0.2) is 65.1 Å². The van der Waals surface area contributed by atoms with Gasteiger partial charge in [-0.05, 0) is 92.3 Å². The summed E-state index contributed by atoms with van der Waals surface area (Å²) in [4.78, 5) is 4.24. The van der Waals surface area contributed by atoms with E-state index < -0.39 is 0 Å². The fourth-order valence-electron chi connectivity index (χ4n) is 4.04. The molecule has 0 aliphatic heterocycles. The van der Waals surface area contributed by atoms with E-state index in [0.29, 0.717) is 47.3 Å². The molecule has 8 nitrogen and oxygen atoms in total. The number of aromatic hydroxyl groups is 1. The van der Waals surface area contributed by atoms with Crippen LogP contribution >= 0.6 is 12.2 Å². The fraction of sp³-hybridized carbons (Fsp3) is 0.176. The van der Waals surface area contributed by atoms with Gasteiger partial charge >= 0.3 is 29.6 Å². The van der Waals surface area contributed by atoms with Gasteiger partial charge in [-0.2, -0.15) is 0 Å². The zero-order valence-corrected chi connectivity index (χ0v) is 25.2. The Kier molecular flexibility index (Phi) is 14.1. The molecular formula is C34H36N3NaO5S. The summed E-state index contributed by atoms with van der Waals surface area (Å²) < 4.78 is 22.0. The van der Waals surface area contributed by atoms with Crippen molar-refractivity contribution in [3.8, 4) is 28.7 Å². The minimum absolute atomic E-state index is 0. The molecule has 1 aromatic heterocycles. The van der Waals surface area contributed by atoms with Crippen LogP contribution in [0, 0.1) is 0 Å². The molecule has 1 heterocycles. The molecule has 0 saturated heterocycles. The van der Waals surface area contributed by atoms with E-state index in [1.807, 2.05) is 92.7 Å². The Balaban J connectivity index is 0.000000235. The van der Waals surface area contributed by atoms with Crippen molar-refractivity contribution in [2.24, 2.45) is 0 Å². The van der Waals surface area contributed by atoms with E-state index in [4.69, 9.17) is 31.2 Å². The molecule has 5 rings (SSSR count). The van der Waals surface area contributed by atoms with E-state index >= 15 is 0 Å². The zero-order valence-electron chi connectivity index (χ0n) is 24.4. The van der Waals surface area contributed by atoms with Gasteiger partial charge in [0.25, 0.3) is 0 Å². The van der Waals surface area contributed by atoms with Crippen molar-refractivity contribution in [2.75, 3.05) is 31.0 Å². The van der Waals surface area contributed by atoms with Crippen LogP contribution in [-0.2, 0) is 6.61 Å². The van der Waals surface area contributed by atoms with Gasteiger partial charge in [0.15, 0.2) is 16.6 Å². The molecule has 0 saturated carbocycles. The molecule has 4 aromatic carbocycles. The standard InChI is InChI=1S/C17H20N2O2S.C17H15NO3.Na.H/c1-3-20-15-9-5-13(6-10-15)18-17(22)19-14-7-11-16(12-8-14)21-4-2;1-20-16-9-13-14(18-8-7-15(13)19)10-17(16)21-11-12-5-3-2-4-6-12;;/h5-12H,3-4H2,1-2H3,(H2,18,19,22);2-10H,11H2,1H3,(H,18,19);;. The van der Waals surface area contributed by atoms with Crippen LogP contribution in [0.5, 0.6) is 28.7 Å². The molecule has 0 aliphatic carbocycles. The molecule has 0 aliphatic rings. The third kappa shape index (κ3) is 10.3. The number of pyridine rings is 1. The van der Waals surface area contributed by atoms with Crippen LogP contribution in [0.15, 0.2) is 103 Å². The Bertz CT molecular complexity index is 1550. The molecule has 3 N–H and O–H groups in total. The van der Waals surface area contributed by atoms with E-state index in [2.05, 4.69) is 15.6 Å². The Hall–Kier alpha value is -4.02. The number of ether oxygens (including phenoxy) is 4. The second-order valence-electron chi connectivity index (χ2n) is 9.12. The summed E-state index contributed by atoms with van der Waals surface area (Å²) in [7, 11) is 1.57. The summed E-state index contributed by atoms with van der Waals surface area (Å²) in [5.41, 5.74) is 3.56. The summed E-state index contributed by atoms with van der Waals surface area (Å²) in [6, 6.07) is 30.3. The van der Waals surface area contributed by atoms with Gasteiger partial charge in [-0.3, -0.25) is 4.98 Å². The summed E-state index contributed by atoms with van der Waals surface area (Å²) in [6.45, 7) is 5.68. The van der Waals surface area contributed by atoms with Crippen LogP contribution in [0.2, 0.25) is 0 Å². The topological polar surface area (TPSA) is 94.1 Å². The van der Waals surface area contributed by atoms with Gasteiger partial charge in [-0.1, -0.05) is 30.3 Å². The van der Waals surface area contributed by atoms with Crippen molar-refractivity contribution >= 4 is 69.2 Å². The van der Waals surface area contributed by atoms with Crippen LogP contribution in [0.1, 0.15) is 19.4 Å². The molecule has 0 fully saturated rings. The number of hydrogen-bond donors (Lipinski definition) is 3. The van der Waals surface area contributed by atoms with Crippen molar-refractivity contribution in [3.63, 3.8) is 0 Å². The molecule has 5 aromatic rings. The summed E-state index contributed by atoms with van der Waals surface area (Å²) in [5, 5.41) is 17.3. The van der Waals surface area contributed by atoms with Crippen molar-refractivity contribution in [1.29, 1.82) is 0 Å². The summed E-state index contributed by atoms with van der Waals surface area (Å²) in [5.74, 6) is 3.04. The van der Waals surface area contributed by atoms with E-state index in [1.165, 1.54) is 0 Å². The summed E-state index contributed by atoms with van der Waals surface area (Å²) >= 11 is 5.30. The molecule has 0 bridgehead atoms. The van der Waals surface area contributed by atoms with E-state index in [1.54, 1.807) is 31.5 Å². The number of methoxy groups -OCH3 is 1. The molecule has 0 radical (unpaired) electrons. The SMILES string of the molecule is CCOc1ccc(NC(=S)Nc2ccc(OCC)cc2)cc1.COc1cc2c(O)ccnc2cc1OCc1ccccc1.[NaH]. The van der Waals surface area contributed by atoms with Crippen molar-refractivity contribution in [2.45, 2.75) is 20.5 Å². The second kappa shape index (κ2) is 17.9. The number of hydrogen-bond acceptors (Lipinski definition) is 7. The second-order valence-corrected chi connectivity index (χ2v) is 9.53. The normalized spacial score (nSPS) is 9.98. The first-order valence-electron chi connectivity index (χ1n) is 13.8. The Morgan fingerprint density at radius 3 is 1.84 bits per heavy atom. The van der Waals surface area contributed by atoms with Gasteiger partial charge < -0.3 is 34.7 Å². The quantitative estimate of drug-likeness (QED) is 0.111. The zero-order chi connectivity index (χ0) is 30.4. The number of rotatable bonds is 10.